The summed E-state index contributed by atoms with van der Waals surface area (Å²) in [5.74, 6) is -0.553. The lowest BCUT2D eigenvalue weighted by Crippen LogP contribution is -2.40. The zero-order chi connectivity index (χ0) is 13.4. The van der Waals surface area contributed by atoms with Gasteiger partial charge in [0.1, 0.15) is 6.54 Å². The van der Waals surface area contributed by atoms with Crippen molar-refractivity contribution in [1.29, 1.82) is 0 Å². The van der Waals surface area contributed by atoms with E-state index in [4.69, 9.17) is 0 Å². The smallest absolute Gasteiger partial charge is 0.325 e. The fraction of sp³-hybridized carbons (Fsp3) is 0.727. The van der Waals surface area contributed by atoms with Crippen LogP contribution >= 0.6 is 0 Å². The van der Waals surface area contributed by atoms with Crippen LogP contribution in [0, 0.1) is 0 Å². The number of hydrogen-bond donors (Lipinski definition) is 3. The van der Waals surface area contributed by atoms with Gasteiger partial charge in [-0.05, 0) is 19.8 Å². The highest BCUT2D eigenvalue weighted by atomic mass is 16.5. The molecule has 3 amide bonds. The standard InChI is InChI=1S/C11H19N3O4/c1-2-18-10(16)7-13-11(17)12-6-5-9(15)14-8-3-4-8/h8H,2-7H2,1H3,(H,14,15)(H2,12,13,17). The number of esters is 1. The summed E-state index contributed by atoms with van der Waals surface area (Å²) in [6.07, 6.45) is 2.32. The summed E-state index contributed by atoms with van der Waals surface area (Å²) >= 11 is 0. The van der Waals surface area contributed by atoms with Crippen LogP contribution in [0.3, 0.4) is 0 Å². The third-order valence-electron chi connectivity index (χ3n) is 2.28. The fourth-order valence-electron chi connectivity index (χ4n) is 1.24. The maximum absolute atomic E-state index is 11.3. The molecule has 0 atom stereocenters. The highest BCUT2D eigenvalue weighted by Crippen LogP contribution is 2.18. The molecule has 102 valence electrons. The molecule has 0 saturated heterocycles. The monoisotopic (exact) mass is 257 g/mol. The van der Waals surface area contributed by atoms with Crippen LogP contribution in [0.25, 0.3) is 0 Å². The zero-order valence-corrected chi connectivity index (χ0v) is 10.5. The molecule has 0 radical (unpaired) electrons. The number of carbonyl (C=O) groups is 3. The fourth-order valence-corrected chi connectivity index (χ4v) is 1.24. The largest absolute Gasteiger partial charge is 0.465 e. The van der Waals surface area contributed by atoms with E-state index in [-0.39, 0.29) is 32.0 Å². The molecule has 3 N–H and O–H groups in total. The van der Waals surface area contributed by atoms with Crippen LogP contribution in [0.4, 0.5) is 4.79 Å². The van der Waals surface area contributed by atoms with E-state index in [1.54, 1.807) is 6.92 Å². The van der Waals surface area contributed by atoms with Crippen LogP contribution in [-0.4, -0.2) is 43.6 Å². The summed E-state index contributed by atoms with van der Waals surface area (Å²) in [4.78, 5) is 33.4. The van der Waals surface area contributed by atoms with Gasteiger partial charge in [0.25, 0.3) is 0 Å². The van der Waals surface area contributed by atoms with Crippen LogP contribution in [0.1, 0.15) is 26.2 Å². The van der Waals surface area contributed by atoms with Crippen LogP contribution in [-0.2, 0) is 14.3 Å². The number of rotatable bonds is 7. The van der Waals surface area contributed by atoms with Crippen LogP contribution in [0.2, 0.25) is 0 Å². The molecule has 1 aliphatic carbocycles. The van der Waals surface area contributed by atoms with E-state index in [0.29, 0.717) is 6.04 Å². The minimum Gasteiger partial charge on any atom is -0.465 e. The van der Waals surface area contributed by atoms with Crippen molar-refractivity contribution in [3.63, 3.8) is 0 Å². The van der Waals surface area contributed by atoms with Crippen molar-refractivity contribution in [2.24, 2.45) is 0 Å². The van der Waals surface area contributed by atoms with Gasteiger partial charge in [-0.15, -0.1) is 0 Å². The second kappa shape index (κ2) is 7.52. The molecule has 0 unspecified atom stereocenters. The van der Waals surface area contributed by atoms with Crippen molar-refractivity contribution < 1.29 is 19.1 Å². The predicted molar refractivity (Wildman–Crippen MR) is 63.8 cm³/mol. The van der Waals surface area contributed by atoms with E-state index in [1.165, 1.54) is 0 Å². The first-order valence-corrected chi connectivity index (χ1v) is 6.08. The minimum atomic E-state index is -0.487. The third kappa shape index (κ3) is 6.72. The number of carbonyl (C=O) groups excluding carboxylic acids is 3. The molecule has 1 fully saturated rings. The molecule has 7 heteroatoms. The Balaban J connectivity index is 1.98. The molecular weight excluding hydrogens is 238 g/mol. The predicted octanol–water partition coefficient (Wildman–Crippen LogP) is -0.483. The van der Waals surface area contributed by atoms with Crippen molar-refractivity contribution in [2.75, 3.05) is 19.7 Å². The Morgan fingerprint density at radius 2 is 1.94 bits per heavy atom. The molecular formula is C11H19N3O4. The molecule has 1 rings (SSSR count). The molecule has 0 aromatic rings. The molecule has 0 spiro atoms. The molecule has 0 aromatic carbocycles. The first kappa shape index (κ1) is 14.3. The summed E-state index contributed by atoms with van der Waals surface area (Å²) in [5.41, 5.74) is 0. The second-order valence-corrected chi connectivity index (χ2v) is 4.01. The molecule has 7 nitrogen and oxygen atoms in total. The first-order valence-electron chi connectivity index (χ1n) is 6.08. The Kier molecular flexibility index (Phi) is 5.96. The third-order valence-corrected chi connectivity index (χ3v) is 2.28. The minimum absolute atomic E-state index is 0.0665. The highest BCUT2D eigenvalue weighted by molar-refractivity contribution is 5.81. The number of hydrogen-bond acceptors (Lipinski definition) is 4. The van der Waals surface area contributed by atoms with Gasteiger partial charge in [-0.25, -0.2) is 4.79 Å². The first-order chi connectivity index (χ1) is 8.61. The lowest BCUT2D eigenvalue weighted by atomic mass is 10.4. The Morgan fingerprint density at radius 1 is 1.22 bits per heavy atom. The number of ether oxygens (including phenoxy) is 1. The molecule has 0 aromatic heterocycles. The van der Waals surface area contributed by atoms with Crippen molar-refractivity contribution >= 4 is 17.9 Å². The molecule has 0 bridgehead atoms. The van der Waals surface area contributed by atoms with E-state index >= 15 is 0 Å². The Labute approximate surface area is 106 Å². The Morgan fingerprint density at radius 3 is 2.56 bits per heavy atom. The molecule has 0 aliphatic heterocycles. The SMILES string of the molecule is CCOC(=O)CNC(=O)NCCC(=O)NC1CC1. The lowest BCUT2D eigenvalue weighted by molar-refractivity contribution is -0.141. The summed E-state index contributed by atoms with van der Waals surface area (Å²) in [5, 5.41) is 7.63. The van der Waals surface area contributed by atoms with E-state index in [1.807, 2.05) is 0 Å². The van der Waals surface area contributed by atoms with E-state index in [2.05, 4.69) is 20.7 Å². The van der Waals surface area contributed by atoms with Gasteiger partial charge < -0.3 is 20.7 Å². The Hall–Kier alpha value is -1.79. The van der Waals surface area contributed by atoms with Crippen LogP contribution in [0.15, 0.2) is 0 Å². The van der Waals surface area contributed by atoms with Crippen LogP contribution < -0.4 is 16.0 Å². The van der Waals surface area contributed by atoms with E-state index < -0.39 is 12.0 Å². The summed E-state index contributed by atoms with van der Waals surface area (Å²) in [6, 6.07) is -0.155. The van der Waals surface area contributed by atoms with Gasteiger partial charge in [0.05, 0.1) is 6.61 Å². The lowest BCUT2D eigenvalue weighted by Gasteiger charge is -2.07. The summed E-state index contributed by atoms with van der Waals surface area (Å²) < 4.78 is 4.64. The van der Waals surface area contributed by atoms with Gasteiger partial charge in [-0.3, -0.25) is 9.59 Å². The molecule has 18 heavy (non-hydrogen) atoms. The van der Waals surface area contributed by atoms with Gasteiger partial charge in [-0.1, -0.05) is 0 Å². The Bertz CT molecular complexity index is 315. The molecule has 1 saturated carbocycles. The van der Waals surface area contributed by atoms with Gasteiger partial charge in [0.15, 0.2) is 0 Å². The number of amides is 3. The van der Waals surface area contributed by atoms with Gasteiger partial charge in [0, 0.05) is 19.0 Å². The average molecular weight is 257 g/mol. The maximum atomic E-state index is 11.3. The summed E-state index contributed by atoms with van der Waals surface area (Å²) in [6.45, 7) is 2.04. The quantitative estimate of drug-likeness (QED) is 0.536. The van der Waals surface area contributed by atoms with E-state index in [9.17, 15) is 14.4 Å². The highest BCUT2D eigenvalue weighted by Gasteiger charge is 2.22. The van der Waals surface area contributed by atoms with Gasteiger partial charge >= 0.3 is 12.0 Å². The van der Waals surface area contributed by atoms with E-state index in [0.717, 1.165) is 12.8 Å². The normalized spacial score (nSPS) is 13.6. The van der Waals surface area contributed by atoms with Crippen LogP contribution in [0.5, 0.6) is 0 Å². The van der Waals surface area contributed by atoms with Crippen molar-refractivity contribution in [3.8, 4) is 0 Å². The second-order valence-electron chi connectivity index (χ2n) is 4.01. The zero-order valence-electron chi connectivity index (χ0n) is 10.5. The van der Waals surface area contributed by atoms with Crippen molar-refractivity contribution in [3.05, 3.63) is 0 Å². The van der Waals surface area contributed by atoms with Crippen molar-refractivity contribution in [2.45, 2.75) is 32.2 Å². The number of nitrogens with one attached hydrogen (secondary N) is 3. The average Bonchev–Trinajstić information content (AvgIpc) is 3.10. The van der Waals surface area contributed by atoms with Crippen molar-refractivity contribution in [1.82, 2.24) is 16.0 Å². The number of urea groups is 1. The maximum Gasteiger partial charge on any atom is 0.325 e. The summed E-state index contributed by atoms with van der Waals surface area (Å²) in [7, 11) is 0. The van der Waals surface area contributed by atoms with Gasteiger partial charge in [-0.2, -0.15) is 0 Å². The molecule has 1 aliphatic rings. The van der Waals surface area contributed by atoms with Gasteiger partial charge in [0.2, 0.25) is 5.91 Å². The molecule has 0 heterocycles. The topological polar surface area (TPSA) is 96.5 Å².